The van der Waals surface area contributed by atoms with E-state index in [1.807, 2.05) is 69.3 Å². The van der Waals surface area contributed by atoms with E-state index in [1.54, 1.807) is 18.3 Å². The van der Waals surface area contributed by atoms with Crippen molar-refractivity contribution in [3.8, 4) is 11.3 Å². The van der Waals surface area contributed by atoms with Crippen LogP contribution in [0.3, 0.4) is 0 Å². The molecule has 0 bridgehead atoms. The third-order valence-corrected chi connectivity index (χ3v) is 7.75. The molecule has 1 aliphatic carbocycles. The summed E-state index contributed by atoms with van der Waals surface area (Å²) < 4.78 is 110. The quantitative estimate of drug-likeness (QED) is 0.0911. The SMILES string of the molecule is CC(C)(C)c1oc2cc(=[NH2+])cc(CCCS(=O)(=O)O)c-2c(C=CC=CNc2ccccc2)c1CCCS(=O)(=O)O.F[B-](F)(F)F. The van der Waals surface area contributed by atoms with Crippen molar-refractivity contribution in [2.45, 2.75) is 51.9 Å². The zero-order valence-corrected chi connectivity index (χ0v) is 26.6. The van der Waals surface area contributed by atoms with Crippen molar-refractivity contribution >= 4 is 39.3 Å². The average molecular weight is 677 g/mol. The molecule has 9 nitrogen and oxygen atoms in total. The van der Waals surface area contributed by atoms with Gasteiger partial charge < -0.3 is 27.0 Å². The molecule has 5 N–H and O–H groups in total. The molecular weight excluding hydrogens is 639 g/mol. The van der Waals surface area contributed by atoms with E-state index in [-0.39, 0.29) is 12.8 Å². The van der Waals surface area contributed by atoms with Crippen LogP contribution in [-0.2, 0) is 38.5 Å². The third kappa shape index (κ3) is 14.5. The van der Waals surface area contributed by atoms with Gasteiger partial charge in [0.05, 0.1) is 17.6 Å². The zero-order chi connectivity index (χ0) is 34.1. The Hall–Kier alpha value is -3.47. The van der Waals surface area contributed by atoms with E-state index in [9.17, 15) is 43.2 Å². The standard InChI is InChI=1S/C29H36N2O7S2.BF4/c1-29(2,3)28-25(15-10-18-40(35,36)37)24(14-7-8-16-31-23-12-5-4-6-13-23)27-21(11-9-17-39(32,33)34)19-22(30)20-26(27)38-28;2-1(3,4)5/h4-8,12-14,16,19-20,30-31H,9-11,15,17-18H2,1-3H3,(H,32,33,34)(H,35,36,37);/q;-1/p+1. The van der Waals surface area contributed by atoms with Crippen LogP contribution in [0.15, 0.2) is 65.2 Å². The molecule has 0 atom stereocenters. The van der Waals surface area contributed by atoms with Crippen molar-refractivity contribution in [1.82, 2.24) is 0 Å². The predicted octanol–water partition coefficient (Wildman–Crippen LogP) is 4.92. The number of hydrogen-bond acceptors (Lipinski definition) is 6. The first-order valence-electron chi connectivity index (χ1n) is 13.8. The highest BCUT2D eigenvalue weighted by Gasteiger charge is 2.29. The summed E-state index contributed by atoms with van der Waals surface area (Å²) in [6.07, 6.45) is 8.33. The lowest BCUT2D eigenvalue weighted by Crippen LogP contribution is -2.44. The van der Waals surface area contributed by atoms with Gasteiger partial charge in [0.1, 0.15) is 11.5 Å². The van der Waals surface area contributed by atoms with Gasteiger partial charge in [0, 0.05) is 28.9 Å². The molecule has 0 radical (unpaired) electrons. The molecule has 3 rings (SSSR count). The number of nitrogens with two attached hydrogens (primary N) is 1. The van der Waals surface area contributed by atoms with Crippen molar-refractivity contribution in [2.24, 2.45) is 0 Å². The molecule has 1 aromatic rings. The molecule has 248 valence electrons. The number of anilines is 1. The molecule has 1 aliphatic heterocycles. The Bertz CT molecular complexity index is 1730. The molecule has 1 heterocycles. The van der Waals surface area contributed by atoms with E-state index in [0.29, 0.717) is 29.7 Å². The van der Waals surface area contributed by atoms with Crippen LogP contribution in [0.2, 0.25) is 0 Å². The highest BCUT2D eigenvalue weighted by atomic mass is 32.2. The topological polar surface area (TPSA) is 160 Å². The number of nitrogens with one attached hydrogen (secondary N) is 1. The van der Waals surface area contributed by atoms with Crippen LogP contribution in [-0.4, -0.2) is 44.7 Å². The number of aryl methyl sites for hydroxylation is 1. The first-order chi connectivity index (χ1) is 20.6. The molecule has 0 saturated heterocycles. The third-order valence-electron chi connectivity index (χ3n) is 6.14. The molecule has 0 saturated carbocycles. The number of hydrogen-bond donors (Lipinski definition) is 4. The van der Waals surface area contributed by atoms with Gasteiger partial charge in [-0.25, -0.2) is 0 Å². The maximum Gasteiger partial charge on any atom is 0.673 e. The zero-order valence-electron chi connectivity index (χ0n) is 25.0. The summed E-state index contributed by atoms with van der Waals surface area (Å²) in [5, 5.41) is 9.82. The number of rotatable bonds is 12. The number of para-hydroxylation sites is 1. The summed E-state index contributed by atoms with van der Waals surface area (Å²) in [5.74, 6) is 0.356. The lowest BCUT2D eigenvalue weighted by molar-refractivity contribution is -0.172. The minimum atomic E-state index is -6.00. The number of allylic oxidation sites excluding steroid dienone is 2. The van der Waals surface area contributed by atoms with Gasteiger partial charge in [-0.15, -0.1) is 0 Å². The lowest BCUT2D eigenvalue weighted by atomic mass is 9.83. The molecule has 1 aromatic carbocycles. The fourth-order valence-electron chi connectivity index (χ4n) is 4.53. The van der Waals surface area contributed by atoms with Gasteiger partial charge in [0.25, 0.3) is 20.2 Å². The molecule has 0 spiro atoms. The first-order valence-corrected chi connectivity index (χ1v) is 17.0. The van der Waals surface area contributed by atoms with Crippen LogP contribution >= 0.6 is 0 Å². The van der Waals surface area contributed by atoms with Crippen LogP contribution in [0.1, 0.15) is 56.1 Å². The maximum atomic E-state index is 11.5. The first kappa shape index (κ1) is 37.7. The predicted molar refractivity (Wildman–Crippen MR) is 167 cm³/mol. The maximum absolute atomic E-state index is 11.5. The largest absolute Gasteiger partial charge is 0.673 e. The molecule has 45 heavy (non-hydrogen) atoms. The Balaban J connectivity index is 0.00000130. The monoisotopic (exact) mass is 676 g/mol. The van der Waals surface area contributed by atoms with Crippen LogP contribution in [0.4, 0.5) is 23.0 Å². The highest BCUT2D eigenvalue weighted by Crippen LogP contribution is 2.40. The Morgan fingerprint density at radius 2 is 1.47 bits per heavy atom. The van der Waals surface area contributed by atoms with E-state index in [4.69, 9.17) is 9.83 Å². The molecular formula is C29H37BF4N2O7S2. The van der Waals surface area contributed by atoms with Gasteiger partial charge in [-0.2, -0.15) is 16.8 Å². The molecule has 16 heteroatoms. The minimum absolute atomic E-state index is 0.167. The highest BCUT2D eigenvalue weighted by molar-refractivity contribution is 7.86. The summed E-state index contributed by atoms with van der Waals surface area (Å²) in [4.78, 5) is 0. The van der Waals surface area contributed by atoms with Crippen molar-refractivity contribution in [2.75, 3.05) is 16.8 Å². The average Bonchev–Trinajstić information content (AvgIpc) is 2.86. The van der Waals surface area contributed by atoms with Gasteiger partial charge in [0.15, 0.2) is 0 Å². The van der Waals surface area contributed by atoms with Crippen molar-refractivity contribution in [3.63, 3.8) is 0 Å². The van der Waals surface area contributed by atoms with Crippen molar-refractivity contribution < 1.29 is 53.0 Å². The second-order valence-corrected chi connectivity index (χ2v) is 14.3. The van der Waals surface area contributed by atoms with Gasteiger partial charge in [0.2, 0.25) is 5.36 Å². The second kappa shape index (κ2) is 15.7. The minimum Gasteiger partial charge on any atom is -0.460 e. The van der Waals surface area contributed by atoms with Crippen molar-refractivity contribution in [3.05, 3.63) is 88.6 Å². The summed E-state index contributed by atoms with van der Waals surface area (Å²) in [7, 11) is -14.3. The Kier molecular flexibility index (Phi) is 13.2. The number of fused-ring (bicyclic) bond motifs is 1. The summed E-state index contributed by atoms with van der Waals surface area (Å²) in [6.45, 7) is 5.96. The lowest BCUT2D eigenvalue weighted by Gasteiger charge is -2.27. The summed E-state index contributed by atoms with van der Waals surface area (Å²) in [6, 6.07) is 13.1. The van der Waals surface area contributed by atoms with Gasteiger partial charge in [-0.3, -0.25) is 14.5 Å². The van der Waals surface area contributed by atoms with E-state index in [2.05, 4.69) is 5.32 Å². The fourth-order valence-corrected chi connectivity index (χ4v) is 5.54. The van der Waals surface area contributed by atoms with Gasteiger partial charge in [-0.05, 0) is 60.6 Å². The van der Waals surface area contributed by atoms with E-state index in [1.165, 1.54) is 0 Å². The molecule has 2 aliphatic rings. The number of benzene rings is 2. The van der Waals surface area contributed by atoms with Gasteiger partial charge >= 0.3 is 7.25 Å². The molecule has 0 unspecified atom stereocenters. The van der Waals surface area contributed by atoms with E-state index in [0.717, 1.165) is 27.9 Å². The van der Waals surface area contributed by atoms with Crippen LogP contribution in [0.25, 0.3) is 17.4 Å². The Morgan fingerprint density at radius 3 is 2.00 bits per heavy atom. The second-order valence-electron chi connectivity index (χ2n) is 11.1. The van der Waals surface area contributed by atoms with Crippen molar-refractivity contribution in [1.29, 1.82) is 0 Å². The van der Waals surface area contributed by atoms with Crippen LogP contribution in [0, 0.1) is 0 Å². The number of halogens is 4. The summed E-state index contributed by atoms with van der Waals surface area (Å²) in [5.41, 5.74) is 3.50. The smallest absolute Gasteiger partial charge is 0.460 e. The molecule has 0 fully saturated rings. The normalized spacial score (nSPS) is 12.9. The van der Waals surface area contributed by atoms with Gasteiger partial charge in [-0.1, -0.05) is 51.1 Å². The van der Waals surface area contributed by atoms with E-state index < -0.39 is 44.4 Å². The molecule has 0 aromatic heterocycles. The Morgan fingerprint density at radius 1 is 0.911 bits per heavy atom. The Labute approximate surface area is 260 Å². The fraction of sp³-hybridized carbons (Fsp3) is 0.345. The van der Waals surface area contributed by atoms with Crippen LogP contribution < -0.4 is 16.1 Å². The summed E-state index contributed by atoms with van der Waals surface area (Å²) >= 11 is 0. The van der Waals surface area contributed by atoms with Crippen LogP contribution in [0.5, 0.6) is 0 Å². The molecule has 0 amide bonds. The van der Waals surface area contributed by atoms with E-state index >= 15 is 0 Å².